The zero-order chi connectivity index (χ0) is 13.7. The summed E-state index contributed by atoms with van der Waals surface area (Å²) in [4.78, 5) is 2.45. The van der Waals surface area contributed by atoms with Gasteiger partial charge in [0.2, 0.25) is 0 Å². The van der Waals surface area contributed by atoms with Gasteiger partial charge in [0, 0.05) is 13.2 Å². The molecule has 0 saturated carbocycles. The van der Waals surface area contributed by atoms with E-state index < -0.39 is 0 Å². The highest BCUT2D eigenvalue weighted by Crippen LogP contribution is 2.22. The Morgan fingerprint density at radius 2 is 1.89 bits per heavy atom. The summed E-state index contributed by atoms with van der Waals surface area (Å²) in [5.74, 6) is 0.927. The number of rotatable bonds is 5. The van der Waals surface area contributed by atoms with Crippen molar-refractivity contribution in [3.63, 3.8) is 0 Å². The molecule has 19 heavy (non-hydrogen) atoms. The van der Waals surface area contributed by atoms with Gasteiger partial charge in [-0.3, -0.25) is 0 Å². The Morgan fingerprint density at radius 1 is 1.26 bits per heavy atom. The fourth-order valence-electron chi connectivity index (χ4n) is 2.83. The first-order chi connectivity index (χ1) is 9.17. The van der Waals surface area contributed by atoms with Gasteiger partial charge in [-0.1, -0.05) is 19.1 Å². The van der Waals surface area contributed by atoms with Crippen molar-refractivity contribution in [1.82, 2.24) is 4.90 Å². The van der Waals surface area contributed by atoms with Crippen LogP contribution in [0, 0.1) is 17.7 Å². The van der Waals surface area contributed by atoms with Gasteiger partial charge in [0.25, 0.3) is 0 Å². The summed E-state index contributed by atoms with van der Waals surface area (Å²) in [5, 5.41) is 9.08. The number of likely N-dealkylation sites (tertiary alicyclic amines) is 1. The van der Waals surface area contributed by atoms with Crippen molar-refractivity contribution in [3.05, 3.63) is 35.6 Å². The van der Waals surface area contributed by atoms with Crippen LogP contribution in [0.3, 0.4) is 0 Å². The van der Waals surface area contributed by atoms with E-state index in [9.17, 15) is 4.39 Å². The third-order valence-electron chi connectivity index (χ3n) is 4.03. The third kappa shape index (κ3) is 4.59. The van der Waals surface area contributed by atoms with Gasteiger partial charge < -0.3 is 10.0 Å². The maximum absolute atomic E-state index is 12.8. The van der Waals surface area contributed by atoms with Crippen molar-refractivity contribution in [2.45, 2.75) is 26.2 Å². The smallest absolute Gasteiger partial charge is 0.123 e. The first-order valence-electron chi connectivity index (χ1n) is 7.25. The van der Waals surface area contributed by atoms with Crippen molar-refractivity contribution in [2.24, 2.45) is 11.8 Å². The van der Waals surface area contributed by atoms with E-state index in [-0.39, 0.29) is 12.4 Å². The highest BCUT2D eigenvalue weighted by Gasteiger charge is 2.20. The maximum Gasteiger partial charge on any atom is 0.123 e. The largest absolute Gasteiger partial charge is 0.396 e. The van der Waals surface area contributed by atoms with Crippen LogP contribution in [0.5, 0.6) is 0 Å². The first kappa shape index (κ1) is 14.5. The number of aliphatic hydroxyl groups excluding tert-OH is 1. The molecule has 2 rings (SSSR count). The van der Waals surface area contributed by atoms with E-state index in [0.717, 1.165) is 26.1 Å². The summed E-state index contributed by atoms with van der Waals surface area (Å²) in [6.45, 7) is 5.60. The molecule has 1 aliphatic rings. The molecule has 1 aromatic rings. The van der Waals surface area contributed by atoms with Crippen LogP contribution in [-0.2, 0) is 6.42 Å². The predicted octanol–water partition coefficient (Wildman–Crippen LogP) is 2.71. The number of piperidine rings is 1. The van der Waals surface area contributed by atoms with Crippen molar-refractivity contribution < 1.29 is 9.50 Å². The molecule has 1 aromatic carbocycles. The Balaban J connectivity index is 1.75. The Hall–Kier alpha value is -0.930. The summed E-state index contributed by atoms with van der Waals surface area (Å²) in [5.41, 5.74) is 1.24. The SMILES string of the molecule is C[C@@H](CO)CN1CCC(Cc2ccc(F)cc2)CC1. The van der Waals surface area contributed by atoms with E-state index in [1.165, 1.54) is 18.4 Å². The summed E-state index contributed by atoms with van der Waals surface area (Å²) in [7, 11) is 0. The average molecular weight is 265 g/mol. The summed E-state index contributed by atoms with van der Waals surface area (Å²) >= 11 is 0. The lowest BCUT2D eigenvalue weighted by Gasteiger charge is -2.33. The van der Waals surface area contributed by atoms with E-state index in [1.54, 1.807) is 12.1 Å². The zero-order valence-electron chi connectivity index (χ0n) is 11.7. The second-order valence-electron chi connectivity index (χ2n) is 5.86. The second kappa shape index (κ2) is 7.01. The van der Waals surface area contributed by atoms with Crippen molar-refractivity contribution in [1.29, 1.82) is 0 Å². The van der Waals surface area contributed by atoms with Gasteiger partial charge in [-0.2, -0.15) is 0 Å². The molecule has 1 N–H and O–H groups in total. The van der Waals surface area contributed by atoms with Gasteiger partial charge in [-0.15, -0.1) is 0 Å². The molecule has 0 radical (unpaired) electrons. The van der Waals surface area contributed by atoms with Crippen molar-refractivity contribution in [3.8, 4) is 0 Å². The average Bonchev–Trinajstić information content (AvgIpc) is 2.43. The summed E-state index contributed by atoms with van der Waals surface area (Å²) in [6, 6.07) is 6.89. The Kier molecular flexibility index (Phi) is 5.34. The van der Waals surface area contributed by atoms with Crippen LogP contribution >= 0.6 is 0 Å². The molecule has 1 fully saturated rings. The summed E-state index contributed by atoms with van der Waals surface area (Å²) < 4.78 is 12.8. The lowest BCUT2D eigenvalue weighted by atomic mass is 9.90. The fourth-order valence-corrected chi connectivity index (χ4v) is 2.83. The highest BCUT2D eigenvalue weighted by atomic mass is 19.1. The van der Waals surface area contributed by atoms with Crippen molar-refractivity contribution >= 4 is 0 Å². The van der Waals surface area contributed by atoms with Gasteiger partial charge in [0.05, 0.1) is 0 Å². The number of benzene rings is 1. The van der Waals surface area contributed by atoms with Gasteiger partial charge in [-0.05, 0) is 61.9 Å². The van der Waals surface area contributed by atoms with Crippen LogP contribution in [0.15, 0.2) is 24.3 Å². The normalized spacial score (nSPS) is 19.5. The number of hydrogen-bond donors (Lipinski definition) is 1. The first-order valence-corrected chi connectivity index (χ1v) is 7.25. The Morgan fingerprint density at radius 3 is 2.47 bits per heavy atom. The molecule has 0 aliphatic carbocycles. The lowest BCUT2D eigenvalue weighted by Crippen LogP contribution is -2.37. The Bertz CT molecular complexity index is 371. The van der Waals surface area contributed by atoms with Crippen LogP contribution in [-0.4, -0.2) is 36.2 Å². The van der Waals surface area contributed by atoms with Gasteiger partial charge in [0.15, 0.2) is 0 Å². The lowest BCUT2D eigenvalue weighted by molar-refractivity contribution is 0.135. The van der Waals surface area contributed by atoms with Crippen LogP contribution < -0.4 is 0 Å². The minimum Gasteiger partial charge on any atom is -0.396 e. The quantitative estimate of drug-likeness (QED) is 0.885. The third-order valence-corrected chi connectivity index (χ3v) is 4.03. The minimum absolute atomic E-state index is 0.156. The van der Waals surface area contributed by atoms with Crippen LogP contribution in [0.1, 0.15) is 25.3 Å². The molecule has 1 aliphatic heterocycles. The molecule has 1 heterocycles. The molecule has 0 amide bonds. The Labute approximate surface area is 115 Å². The van der Waals surface area contributed by atoms with E-state index in [0.29, 0.717) is 11.8 Å². The van der Waals surface area contributed by atoms with Crippen molar-refractivity contribution in [2.75, 3.05) is 26.2 Å². The maximum atomic E-state index is 12.8. The van der Waals surface area contributed by atoms with Crippen LogP contribution in [0.2, 0.25) is 0 Å². The van der Waals surface area contributed by atoms with Gasteiger partial charge >= 0.3 is 0 Å². The molecule has 0 unspecified atom stereocenters. The molecule has 2 nitrogen and oxygen atoms in total. The topological polar surface area (TPSA) is 23.5 Å². The van der Waals surface area contributed by atoms with E-state index in [2.05, 4.69) is 11.8 Å². The van der Waals surface area contributed by atoms with Crippen LogP contribution in [0.25, 0.3) is 0 Å². The van der Waals surface area contributed by atoms with Gasteiger partial charge in [-0.25, -0.2) is 4.39 Å². The number of aliphatic hydroxyl groups is 1. The number of halogens is 1. The molecule has 0 aromatic heterocycles. The fraction of sp³-hybridized carbons (Fsp3) is 0.625. The zero-order valence-corrected chi connectivity index (χ0v) is 11.7. The molecule has 1 atom stereocenters. The van der Waals surface area contributed by atoms with Crippen LogP contribution in [0.4, 0.5) is 4.39 Å². The molecular formula is C16H24FNO. The van der Waals surface area contributed by atoms with Gasteiger partial charge in [0.1, 0.15) is 5.82 Å². The number of nitrogens with zero attached hydrogens (tertiary/aromatic N) is 1. The molecule has 3 heteroatoms. The monoisotopic (exact) mass is 265 g/mol. The number of hydrogen-bond acceptors (Lipinski definition) is 2. The van der Waals surface area contributed by atoms with E-state index >= 15 is 0 Å². The highest BCUT2D eigenvalue weighted by molar-refractivity contribution is 5.16. The summed E-state index contributed by atoms with van der Waals surface area (Å²) in [6.07, 6.45) is 3.47. The van der Waals surface area contributed by atoms with E-state index in [1.807, 2.05) is 12.1 Å². The predicted molar refractivity (Wildman–Crippen MR) is 75.5 cm³/mol. The minimum atomic E-state index is -0.156. The molecular weight excluding hydrogens is 241 g/mol. The molecule has 1 saturated heterocycles. The molecule has 106 valence electrons. The molecule has 0 bridgehead atoms. The van der Waals surface area contributed by atoms with E-state index in [4.69, 9.17) is 5.11 Å². The standard InChI is InChI=1S/C16H24FNO/c1-13(12-19)11-18-8-6-15(7-9-18)10-14-2-4-16(17)5-3-14/h2-5,13,15,19H,6-12H2,1H3/t13-/m1/s1. The second-order valence-corrected chi connectivity index (χ2v) is 5.86. The molecule has 0 spiro atoms.